The molecular weight excluding hydrogens is 608 g/mol. The molecule has 0 atom stereocenters. The van der Waals surface area contributed by atoms with Gasteiger partial charge in [-0.2, -0.15) is 0 Å². The van der Waals surface area contributed by atoms with Crippen molar-refractivity contribution in [1.82, 2.24) is 0 Å². The average molecular weight is 623 g/mol. The standard InChI is InChI=1S/C23H15I2NO4/c1-2-20(27)29-21-17(24)9-13(10-18(21)25)11-19-23(28)30-22(26-19)16-8-7-14-5-3-4-6-15(14)12-16/h3-12H,2H2,1H3/b19-11-. The summed E-state index contributed by atoms with van der Waals surface area (Å²) >= 11 is 4.22. The molecule has 0 bridgehead atoms. The number of hydrogen-bond acceptors (Lipinski definition) is 5. The van der Waals surface area contributed by atoms with Gasteiger partial charge in [-0.1, -0.05) is 37.3 Å². The third-order valence-corrected chi connectivity index (χ3v) is 6.05. The molecule has 7 heteroatoms. The summed E-state index contributed by atoms with van der Waals surface area (Å²) in [6.07, 6.45) is 1.97. The second-order valence-electron chi connectivity index (χ2n) is 6.54. The summed E-state index contributed by atoms with van der Waals surface area (Å²) in [6.45, 7) is 1.75. The molecule has 0 fully saturated rings. The predicted molar refractivity (Wildman–Crippen MR) is 132 cm³/mol. The molecule has 3 aromatic rings. The highest BCUT2D eigenvalue weighted by molar-refractivity contribution is 14.1. The van der Waals surface area contributed by atoms with E-state index < -0.39 is 5.97 Å². The molecule has 0 spiro atoms. The lowest BCUT2D eigenvalue weighted by Crippen LogP contribution is -2.08. The molecule has 1 aliphatic heterocycles. The van der Waals surface area contributed by atoms with Crippen LogP contribution < -0.4 is 4.74 Å². The maximum Gasteiger partial charge on any atom is 0.363 e. The van der Waals surface area contributed by atoms with E-state index in [0.29, 0.717) is 12.2 Å². The Kier molecular flexibility index (Phi) is 6.19. The highest BCUT2D eigenvalue weighted by atomic mass is 127. The lowest BCUT2D eigenvalue weighted by Gasteiger charge is -2.09. The molecule has 4 rings (SSSR count). The minimum atomic E-state index is -0.496. The van der Waals surface area contributed by atoms with Crippen LogP contribution in [0.15, 0.2) is 65.3 Å². The molecule has 1 aliphatic rings. The number of carbonyl (C=O) groups is 2. The Hall–Kier alpha value is -2.27. The molecule has 3 aromatic carbocycles. The Morgan fingerprint density at radius 1 is 1.07 bits per heavy atom. The van der Waals surface area contributed by atoms with Crippen LogP contribution in [0.1, 0.15) is 24.5 Å². The van der Waals surface area contributed by atoms with Gasteiger partial charge in [0.15, 0.2) is 11.4 Å². The second kappa shape index (κ2) is 8.84. The van der Waals surface area contributed by atoms with Crippen molar-refractivity contribution in [2.45, 2.75) is 13.3 Å². The molecule has 0 aromatic heterocycles. The highest BCUT2D eigenvalue weighted by Crippen LogP contribution is 2.31. The Bertz CT molecular complexity index is 1220. The van der Waals surface area contributed by atoms with Gasteiger partial charge in [0.1, 0.15) is 0 Å². The number of halogens is 2. The number of aliphatic imine (C=N–C) groups is 1. The van der Waals surface area contributed by atoms with Crippen LogP contribution in [0.5, 0.6) is 5.75 Å². The van der Waals surface area contributed by atoms with Gasteiger partial charge in [0.25, 0.3) is 0 Å². The molecule has 0 amide bonds. The molecule has 30 heavy (non-hydrogen) atoms. The van der Waals surface area contributed by atoms with Gasteiger partial charge in [-0.3, -0.25) is 4.79 Å². The Balaban J connectivity index is 1.65. The number of ether oxygens (including phenoxy) is 2. The molecule has 0 aliphatic carbocycles. The summed E-state index contributed by atoms with van der Waals surface area (Å²) in [5.41, 5.74) is 1.75. The Morgan fingerprint density at radius 3 is 2.47 bits per heavy atom. The third kappa shape index (κ3) is 4.41. The zero-order valence-electron chi connectivity index (χ0n) is 15.8. The minimum absolute atomic E-state index is 0.225. The Morgan fingerprint density at radius 2 is 1.77 bits per heavy atom. The molecule has 1 heterocycles. The van der Waals surface area contributed by atoms with E-state index in [9.17, 15) is 9.59 Å². The fourth-order valence-electron chi connectivity index (χ4n) is 2.96. The second-order valence-corrected chi connectivity index (χ2v) is 8.86. The number of benzene rings is 3. The smallest absolute Gasteiger partial charge is 0.363 e. The van der Waals surface area contributed by atoms with Gasteiger partial charge in [0.05, 0.1) is 7.14 Å². The van der Waals surface area contributed by atoms with Crippen LogP contribution >= 0.6 is 45.2 Å². The Labute approximate surface area is 200 Å². The number of rotatable bonds is 4. The zero-order valence-corrected chi connectivity index (χ0v) is 20.1. The van der Waals surface area contributed by atoms with Crippen LogP contribution in [-0.2, 0) is 14.3 Å². The summed E-state index contributed by atoms with van der Waals surface area (Å²) in [6, 6.07) is 17.5. The number of hydrogen-bond donors (Lipinski definition) is 0. The van der Waals surface area contributed by atoms with Gasteiger partial charge in [-0.25, -0.2) is 9.79 Å². The maximum absolute atomic E-state index is 12.4. The molecule has 0 saturated carbocycles. The van der Waals surface area contributed by atoms with E-state index in [1.807, 2.05) is 54.6 Å². The van der Waals surface area contributed by atoms with Crippen LogP contribution in [0.2, 0.25) is 0 Å². The lowest BCUT2D eigenvalue weighted by molar-refractivity contribution is -0.134. The van der Waals surface area contributed by atoms with E-state index in [1.165, 1.54) is 0 Å². The van der Waals surface area contributed by atoms with Gasteiger partial charge < -0.3 is 9.47 Å². The number of cyclic esters (lactones) is 1. The van der Waals surface area contributed by atoms with Crippen molar-refractivity contribution in [3.63, 3.8) is 0 Å². The van der Waals surface area contributed by atoms with Crippen LogP contribution in [0.3, 0.4) is 0 Å². The first kappa shape index (κ1) is 21.0. The molecule has 0 unspecified atom stereocenters. The number of carbonyl (C=O) groups excluding carboxylic acids is 2. The number of esters is 2. The SMILES string of the molecule is CCC(=O)Oc1c(I)cc(/C=C2\N=C(c3ccc4ccccc4c3)OC2=O)cc1I. The topological polar surface area (TPSA) is 65.0 Å². The fraction of sp³-hybridized carbons (Fsp3) is 0.0870. The van der Waals surface area contributed by atoms with Gasteiger partial charge >= 0.3 is 11.9 Å². The third-order valence-electron chi connectivity index (χ3n) is 4.45. The monoisotopic (exact) mass is 623 g/mol. The summed E-state index contributed by atoms with van der Waals surface area (Å²) < 4.78 is 12.3. The normalized spacial score (nSPS) is 14.7. The van der Waals surface area contributed by atoms with Crippen LogP contribution in [0, 0.1) is 7.14 Å². The van der Waals surface area contributed by atoms with E-state index in [2.05, 4.69) is 50.2 Å². The molecular formula is C23H15I2NO4. The maximum atomic E-state index is 12.4. The quantitative estimate of drug-likeness (QED) is 0.162. The molecule has 0 saturated heterocycles. The predicted octanol–water partition coefficient (Wildman–Crippen LogP) is 5.71. The van der Waals surface area contributed by atoms with Gasteiger partial charge in [0, 0.05) is 12.0 Å². The zero-order chi connectivity index (χ0) is 21.3. The first-order chi connectivity index (χ1) is 14.4. The fourth-order valence-corrected chi connectivity index (χ4v) is 5.00. The van der Waals surface area contributed by atoms with Crippen LogP contribution in [-0.4, -0.2) is 17.8 Å². The van der Waals surface area contributed by atoms with E-state index in [0.717, 1.165) is 29.0 Å². The van der Waals surface area contributed by atoms with E-state index in [1.54, 1.807) is 13.0 Å². The van der Waals surface area contributed by atoms with Crippen molar-refractivity contribution >= 4 is 79.9 Å². The van der Waals surface area contributed by atoms with Crippen molar-refractivity contribution in [3.05, 3.63) is 78.6 Å². The molecule has 0 radical (unpaired) electrons. The van der Waals surface area contributed by atoms with Crippen molar-refractivity contribution in [3.8, 4) is 5.75 Å². The summed E-state index contributed by atoms with van der Waals surface area (Å²) in [5.74, 6) is 0.0278. The number of fused-ring (bicyclic) bond motifs is 1. The van der Waals surface area contributed by atoms with E-state index in [-0.39, 0.29) is 17.6 Å². The van der Waals surface area contributed by atoms with Gasteiger partial charge in [-0.05, 0) is 91.9 Å². The van der Waals surface area contributed by atoms with Crippen molar-refractivity contribution in [2.24, 2.45) is 4.99 Å². The van der Waals surface area contributed by atoms with Gasteiger partial charge in [-0.15, -0.1) is 0 Å². The van der Waals surface area contributed by atoms with Crippen molar-refractivity contribution in [2.75, 3.05) is 0 Å². The molecule has 150 valence electrons. The largest absolute Gasteiger partial charge is 0.424 e. The number of nitrogens with zero attached hydrogens (tertiary/aromatic N) is 1. The minimum Gasteiger partial charge on any atom is -0.424 e. The summed E-state index contributed by atoms with van der Waals surface area (Å²) in [7, 11) is 0. The lowest BCUT2D eigenvalue weighted by atomic mass is 10.1. The summed E-state index contributed by atoms with van der Waals surface area (Å²) in [4.78, 5) is 28.4. The van der Waals surface area contributed by atoms with Gasteiger partial charge in [0.2, 0.25) is 5.90 Å². The van der Waals surface area contributed by atoms with Crippen molar-refractivity contribution < 1.29 is 19.1 Å². The van der Waals surface area contributed by atoms with Crippen LogP contribution in [0.25, 0.3) is 16.8 Å². The van der Waals surface area contributed by atoms with E-state index >= 15 is 0 Å². The molecule has 0 N–H and O–H groups in total. The highest BCUT2D eigenvalue weighted by Gasteiger charge is 2.24. The van der Waals surface area contributed by atoms with Crippen LogP contribution in [0.4, 0.5) is 0 Å². The van der Waals surface area contributed by atoms with E-state index in [4.69, 9.17) is 9.47 Å². The first-order valence-corrected chi connectivity index (χ1v) is 11.3. The average Bonchev–Trinajstić information content (AvgIpc) is 3.10. The first-order valence-electron chi connectivity index (χ1n) is 9.16. The van der Waals surface area contributed by atoms with Crippen molar-refractivity contribution in [1.29, 1.82) is 0 Å². The molecule has 5 nitrogen and oxygen atoms in total. The summed E-state index contributed by atoms with van der Waals surface area (Å²) in [5, 5.41) is 2.16.